The van der Waals surface area contributed by atoms with E-state index < -0.39 is 0 Å². The molecule has 2 rings (SSSR count). The van der Waals surface area contributed by atoms with E-state index in [1.165, 1.54) is 41.2 Å². The SMILES string of the molecule is Cc1cc(C)cc(CNCC2CCSC2)c1. The smallest absolute Gasteiger partial charge is 0.0205 e. The summed E-state index contributed by atoms with van der Waals surface area (Å²) in [4.78, 5) is 0. The average molecular weight is 235 g/mol. The summed E-state index contributed by atoms with van der Waals surface area (Å²) in [5.41, 5.74) is 4.16. The van der Waals surface area contributed by atoms with E-state index in [2.05, 4.69) is 49.1 Å². The van der Waals surface area contributed by atoms with Crippen LogP contribution in [0.2, 0.25) is 0 Å². The van der Waals surface area contributed by atoms with Crippen LogP contribution in [0.4, 0.5) is 0 Å². The molecule has 16 heavy (non-hydrogen) atoms. The van der Waals surface area contributed by atoms with E-state index in [-0.39, 0.29) is 0 Å². The van der Waals surface area contributed by atoms with Crippen molar-refractivity contribution in [1.82, 2.24) is 5.32 Å². The maximum absolute atomic E-state index is 3.58. The van der Waals surface area contributed by atoms with Gasteiger partial charge in [-0.1, -0.05) is 29.3 Å². The lowest BCUT2D eigenvalue weighted by Crippen LogP contribution is -2.22. The molecule has 1 saturated heterocycles. The van der Waals surface area contributed by atoms with Gasteiger partial charge in [-0.15, -0.1) is 0 Å². The fourth-order valence-electron chi connectivity index (χ4n) is 2.34. The Kier molecular flexibility index (Phi) is 4.30. The fourth-order valence-corrected chi connectivity index (χ4v) is 3.62. The van der Waals surface area contributed by atoms with Gasteiger partial charge in [0, 0.05) is 6.54 Å². The van der Waals surface area contributed by atoms with Gasteiger partial charge in [0.2, 0.25) is 0 Å². The van der Waals surface area contributed by atoms with Crippen LogP contribution in [0.1, 0.15) is 23.1 Å². The Bertz CT molecular complexity index is 322. The second-order valence-electron chi connectivity index (χ2n) is 4.86. The molecule has 1 aliphatic heterocycles. The van der Waals surface area contributed by atoms with E-state index in [4.69, 9.17) is 0 Å². The highest BCUT2D eigenvalue weighted by Gasteiger charge is 2.14. The lowest BCUT2D eigenvalue weighted by Gasteiger charge is -2.10. The summed E-state index contributed by atoms with van der Waals surface area (Å²) in [6.07, 6.45) is 1.39. The highest BCUT2D eigenvalue weighted by atomic mass is 32.2. The molecular formula is C14H21NS. The summed E-state index contributed by atoms with van der Waals surface area (Å²) in [7, 11) is 0. The molecule has 0 radical (unpaired) electrons. The highest BCUT2D eigenvalue weighted by molar-refractivity contribution is 7.99. The van der Waals surface area contributed by atoms with Gasteiger partial charge in [0.05, 0.1) is 0 Å². The van der Waals surface area contributed by atoms with Gasteiger partial charge in [-0.3, -0.25) is 0 Å². The summed E-state index contributed by atoms with van der Waals surface area (Å²) in [5, 5.41) is 3.58. The van der Waals surface area contributed by atoms with E-state index in [9.17, 15) is 0 Å². The topological polar surface area (TPSA) is 12.0 Å². The normalized spacial score (nSPS) is 20.2. The van der Waals surface area contributed by atoms with Crippen molar-refractivity contribution in [2.45, 2.75) is 26.8 Å². The van der Waals surface area contributed by atoms with E-state index in [1.54, 1.807) is 0 Å². The monoisotopic (exact) mass is 235 g/mol. The summed E-state index contributed by atoms with van der Waals surface area (Å²) in [6.45, 7) is 6.54. The maximum Gasteiger partial charge on any atom is 0.0205 e. The molecule has 0 bridgehead atoms. The molecule has 1 heterocycles. The molecule has 1 aromatic carbocycles. The number of thioether (sulfide) groups is 1. The first-order valence-corrected chi connectivity index (χ1v) is 7.25. The van der Waals surface area contributed by atoms with Crippen LogP contribution in [0.15, 0.2) is 18.2 Å². The molecule has 1 aliphatic rings. The number of rotatable bonds is 4. The van der Waals surface area contributed by atoms with Gasteiger partial charge in [-0.25, -0.2) is 0 Å². The predicted octanol–water partition coefficient (Wildman–Crippen LogP) is 3.15. The van der Waals surface area contributed by atoms with Crippen molar-refractivity contribution in [2.75, 3.05) is 18.1 Å². The Morgan fingerprint density at radius 2 is 2.00 bits per heavy atom. The van der Waals surface area contributed by atoms with Crippen LogP contribution < -0.4 is 5.32 Å². The predicted molar refractivity (Wildman–Crippen MR) is 73.1 cm³/mol. The fraction of sp³-hybridized carbons (Fsp3) is 0.571. The zero-order valence-electron chi connectivity index (χ0n) is 10.3. The summed E-state index contributed by atoms with van der Waals surface area (Å²) in [5.74, 6) is 3.60. The lowest BCUT2D eigenvalue weighted by molar-refractivity contribution is 0.523. The van der Waals surface area contributed by atoms with Crippen molar-refractivity contribution in [3.05, 3.63) is 34.9 Å². The van der Waals surface area contributed by atoms with Crippen LogP contribution in [0, 0.1) is 19.8 Å². The molecule has 1 fully saturated rings. The van der Waals surface area contributed by atoms with Gasteiger partial charge >= 0.3 is 0 Å². The van der Waals surface area contributed by atoms with Crippen molar-refractivity contribution in [3.63, 3.8) is 0 Å². The van der Waals surface area contributed by atoms with Crippen LogP contribution in [0.25, 0.3) is 0 Å². The van der Waals surface area contributed by atoms with Crippen LogP contribution in [0.5, 0.6) is 0 Å². The van der Waals surface area contributed by atoms with Gasteiger partial charge < -0.3 is 5.32 Å². The molecule has 0 spiro atoms. The summed E-state index contributed by atoms with van der Waals surface area (Å²) >= 11 is 2.09. The first-order valence-electron chi connectivity index (χ1n) is 6.09. The van der Waals surface area contributed by atoms with Crippen molar-refractivity contribution >= 4 is 11.8 Å². The first kappa shape index (κ1) is 12.0. The molecule has 0 amide bonds. The summed E-state index contributed by atoms with van der Waals surface area (Å²) in [6, 6.07) is 6.80. The molecule has 1 atom stereocenters. The maximum atomic E-state index is 3.58. The standard InChI is InChI=1S/C14H21NS/c1-11-5-12(2)7-14(6-11)9-15-8-13-3-4-16-10-13/h5-7,13,15H,3-4,8-10H2,1-2H3. The largest absolute Gasteiger partial charge is 0.312 e. The Hall–Kier alpha value is -0.470. The quantitative estimate of drug-likeness (QED) is 0.860. The molecule has 1 N–H and O–H groups in total. The van der Waals surface area contributed by atoms with Crippen molar-refractivity contribution in [1.29, 1.82) is 0 Å². The molecular weight excluding hydrogens is 214 g/mol. The second-order valence-corrected chi connectivity index (χ2v) is 6.01. The Labute approximate surface area is 103 Å². The van der Waals surface area contributed by atoms with Crippen LogP contribution in [-0.4, -0.2) is 18.1 Å². The molecule has 0 aliphatic carbocycles. The minimum absolute atomic E-state index is 0.899. The molecule has 88 valence electrons. The Balaban J connectivity index is 1.80. The summed E-state index contributed by atoms with van der Waals surface area (Å²) < 4.78 is 0. The molecule has 1 unspecified atom stereocenters. The molecule has 1 aromatic rings. The Morgan fingerprint density at radius 1 is 1.25 bits per heavy atom. The third-order valence-electron chi connectivity index (χ3n) is 3.07. The minimum Gasteiger partial charge on any atom is -0.312 e. The number of hydrogen-bond donors (Lipinski definition) is 1. The number of nitrogens with one attached hydrogen (secondary N) is 1. The average Bonchev–Trinajstić information content (AvgIpc) is 2.69. The molecule has 0 aromatic heterocycles. The molecule has 1 nitrogen and oxygen atoms in total. The van der Waals surface area contributed by atoms with Crippen molar-refractivity contribution < 1.29 is 0 Å². The van der Waals surface area contributed by atoms with Gasteiger partial charge in [0.15, 0.2) is 0 Å². The van der Waals surface area contributed by atoms with Gasteiger partial charge in [-0.2, -0.15) is 11.8 Å². The van der Waals surface area contributed by atoms with Gasteiger partial charge in [0.1, 0.15) is 0 Å². The van der Waals surface area contributed by atoms with Crippen molar-refractivity contribution in [2.24, 2.45) is 5.92 Å². The highest BCUT2D eigenvalue weighted by Crippen LogP contribution is 2.22. The third kappa shape index (κ3) is 3.53. The number of benzene rings is 1. The van der Waals surface area contributed by atoms with E-state index in [0.717, 1.165) is 12.5 Å². The lowest BCUT2D eigenvalue weighted by atomic mass is 10.1. The van der Waals surface area contributed by atoms with E-state index in [1.807, 2.05) is 0 Å². The van der Waals surface area contributed by atoms with Gasteiger partial charge in [0.25, 0.3) is 0 Å². The number of aryl methyl sites for hydroxylation is 2. The minimum atomic E-state index is 0.899. The zero-order valence-corrected chi connectivity index (χ0v) is 11.1. The van der Waals surface area contributed by atoms with Crippen molar-refractivity contribution in [3.8, 4) is 0 Å². The van der Waals surface area contributed by atoms with Crippen LogP contribution in [-0.2, 0) is 6.54 Å². The van der Waals surface area contributed by atoms with E-state index >= 15 is 0 Å². The zero-order chi connectivity index (χ0) is 11.4. The van der Waals surface area contributed by atoms with Crippen LogP contribution in [0.3, 0.4) is 0 Å². The number of hydrogen-bond acceptors (Lipinski definition) is 2. The second kappa shape index (κ2) is 5.74. The molecule has 2 heteroatoms. The van der Waals surface area contributed by atoms with E-state index in [0.29, 0.717) is 0 Å². The first-order chi connectivity index (χ1) is 7.74. The third-order valence-corrected chi connectivity index (χ3v) is 4.30. The Morgan fingerprint density at radius 3 is 2.62 bits per heavy atom. The molecule has 0 saturated carbocycles. The van der Waals surface area contributed by atoms with Crippen LogP contribution >= 0.6 is 11.8 Å². The van der Waals surface area contributed by atoms with Gasteiger partial charge in [-0.05, 0) is 49.8 Å².